The molecule has 0 unspecified atom stereocenters. The highest BCUT2D eigenvalue weighted by molar-refractivity contribution is 14.0. The van der Waals surface area contributed by atoms with Crippen molar-refractivity contribution in [1.29, 1.82) is 0 Å². The fourth-order valence-electron chi connectivity index (χ4n) is 2.18. The Morgan fingerprint density at radius 1 is 1.13 bits per heavy atom. The number of rotatable bonds is 10. The van der Waals surface area contributed by atoms with Crippen LogP contribution in [0.25, 0.3) is 0 Å². The van der Waals surface area contributed by atoms with E-state index >= 15 is 0 Å². The van der Waals surface area contributed by atoms with E-state index in [9.17, 15) is 4.79 Å². The number of benzene rings is 1. The maximum Gasteiger partial charge on any atom is 0.248 e. The third kappa shape index (κ3) is 10.1. The van der Waals surface area contributed by atoms with Crippen LogP contribution < -0.4 is 16.8 Å². The summed E-state index contributed by atoms with van der Waals surface area (Å²) in [6.45, 7) is 3.51. The molecular weight excluding hydrogens is 403 g/mol. The fourth-order valence-corrected chi connectivity index (χ4v) is 2.18. The van der Waals surface area contributed by atoms with Gasteiger partial charge >= 0.3 is 0 Å². The van der Waals surface area contributed by atoms with Crippen molar-refractivity contribution in [3.63, 3.8) is 0 Å². The van der Waals surface area contributed by atoms with Gasteiger partial charge in [-0.1, -0.05) is 51.2 Å². The minimum Gasteiger partial charge on any atom is -0.370 e. The molecule has 0 fully saturated rings. The molecule has 0 radical (unpaired) electrons. The second-order valence-electron chi connectivity index (χ2n) is 5.46. The summed E-state index contributed by atoms with van der Waals surface area (Å²) in [5.74, 6) is 0.0121. The highest BCUT2D eigenvalue weighted by Crippen LogP contribution is 2.06. The number of carbonyl (C=O) groups excluding carboxylic acids is 1. The van der Waals surface area contributed by atoms with Gasteiger partial charge in [-0.25, -0.2) is 4.99 Å². The number of hydrogen-bond acceptors (Lipinski definition) is 2. The Labute approximate surface area is 156 Å². The standard InChI is InChI=1S/C17H28N4O.HI/c1-2-3-4-5-6-7-11-20-17(19)21-13-14-9-8-10-15(12-14)16(18)22;/h8-10,12H,2-7,11,13H2,1H3,(H2,18,22)(H3,19,20,21);1H. The van der Waals surface area contributed by atoms with Crippen molar-refractivity contribution in [2.75, 3.05) is 6.54 Å². The maximum absolute atomic E-state index is 11.1. The van der Waals surface area contributed by atoms with E-state index in [2.05, 4.69) is 17.2 Å². The van der Waals surface area contributed by atoms with Crippen molar-refractivity contribution in [1.82, 2.24) is 5.32 Å². The summed E-state index contributed by atoms with van der Waals surface area (Å²) < 4.78 is 0. The van der Waals surface area contributed by atoms with Crippen LogP contribution in [0.4, 0.5) is 0 Å². The van der Waals surface area contributed by atoms with E-state index in [1.54, 1.807) is 18.2 Å². The summed E-state index contributed by atoms with van der Waals surface area (Å²) in [6, 6.07) is 7.13. The van der Waals surface area contributed by atoms with Gasteiger partial charge in [-0.05, 0) is 24.1 Å². The summed E-state index contributed by atoms with van der Waals surface area (Å²) in [5, 5.41) is 3.12. The smallest absolute Gasteiger partial charge is 0.248 e. The lowest BCUT2D eigenvalue weighted by Gasteiger charge is -2.06. The van der Waals surface area contributed by atoms with Crippen LogP contribution in [-0.4, -0.2) is 18.4 Å². The molecule has 0 saturated heterocycles. The first-order valence-corrected chi connectivity index (χ1v) is 8.06. The molecule has 1 aromatic carbocycles. The zero-order valence-electron chi connectivity index (χ0n) is 13.9. The van der Waals surface area contributed by atoms with E-state index < -0.39 is 5.91 Å². The number of unbranched alkanes of at least 4 members (excludes halogenated alkanes) is 5. The first kappa shape index (κ1) is 21.7. The molecular formula is C17H29IN4O. The summed E-state index contributed by atoms with van der Waals surface area (Å²) in [7, 11) is 0. The Morgan fingerprint density at radius 2 is 1.83 bits per heavy atom. The third-order valence-corrected chi connectivity index (χ3v) is 3.48. The van der Waals surface area contributed by atoms with E-state index in [1.807, 2.05) is 6.07 Å². The number of amides is 1. The second kappa shape index (κ2) is 13.2. The van der Waals surface area contributed by atoms with Crippen LogP contribution in [-0.2, 0) is 6.54 Å². The van der Waals surface area contributed by atoms with Gasteiger partial charge in [-0.3, -0.25) is 4.79 Å². The van der Waals surface area contributed by atoms with Crippen molar-refractivity contribution >= 4 is 35.8 Å². The van der Waals surface area contributed by atoms with Crippen molar-refractivity contribution in [2.24, 2.45) is 16.5 Å². The highest BCUT2D eigenvalue weighted by Gasteiger charge is 2.01. The molecule has 0 bridgehead atoms. The van der Waals surface area contributed by atoms with Gasteiger partial charge in [-0.15, -0.1) is 24.0 Å². The molecule has 0 heterocycles. The van der Waals surface area contributed by atoms with Gasteiger partial charge in [0.25, 0.3) is 0 Å². The molecule has 0 atom stereocenters. The summed E-state index contributed by atoms with van der Waals surface area (Å²) in [4.78, 5) is 15.4. The molecule has 0 aliphatic heterocycles. The first-order chi connectivity index (χ1) is 10.6. The molecule has 0 aromatic heterocycles. The predicted molar refractivity (Wildman–Crippen MR) is 107 cm³/mol. The lowest BCUT2D eigenvalue weighted by molar-refractivity contribution is 0.1000. The number of hydrogen-bond donors (Lipinski definition) is 3. The Kier molecular flexibility index (Phi) is 12.4. The molecule has 5 nitrogen and oxygen atoms in total. The van der Waals surface area contributed by atoms with Crippen molar-refractivity contribution in [2.45, 2.75) is 52.0 Å². The zero-order chi connectivity index (χ0) is 16.2. The largest absolute Gasteiger partial charge is 0.370 e. The SMILES string of the molecule is CCCCCCCCNC(N)=NCc1cccc(C(N)=O)c1.I. The van der Waals surface area contributed by atoms with Gasteiger partial charge in [0.2, 0.25) is 5.91 Å². The number of primary amides is 1. The number of nitrogens with two attached hydrogens (primary N) is 2. The zero-order valence-corrected chi connectivity index (χ0v) is 16.2. The van der Waals surface area contributed by atoms with Gasteiger partial charge in [0.05, 0.1) is 6.54 Å². The molecule has 0 aliphatic carbocycles. The van der Waals surface area contributed by atoms with E-state index in [1.165, 1.54) is 32.1 Å². The monoisotopic (exact) mass is 432 g/mol. The average Bonchev–Trinajstić information content (AvgIpc) is 2.52. The number of nitrogens with one attached hydrogen (secondary N) is 1. The lowest BCUT2D eigenvalue weighted by Crippen LogP contribution is -2.32. The highest BCUT2D eigenvalue weighted by atomic mass is 127. The minimum atomic E-state index is -0.431. The average molecular weight is 432 g/mol. The summed E-state index contributed by atoms with van der Waals surface area (Å²) in [6.07, 6.45) is 7.52. The predicted octanol–water partition coefficient (Wildman–Crippen LogP) is 3.17. The first-order valence-electron chi connectivity index (χ1n) is 8.06. The quantitative estimate of drug-likeness (QED) is 0.230. The third-order valence-electron chi connectivity index (χ3n) is 3.48. The normalized spacial score (nSPS) is 10.9. The molecule has 5 N–H and O–H groups in total. The molecule has 130 valence electrons. The van der Waals surface area contributed by atoms with Crippen LogP contribution in [0.5, 0.6) is 0 Å². The van der Waals surface area contributed by atoms with Crippen LogP contribution in [0.2, 0.25) is 0 Å². The van der Waals surface area contributed by atoms with E-state index in [0.29, 0.717) is 18.1 Å². The van der Waals surface area contributed by atoms with Crippen LogP contribution >= 0.6 is 24.0 Å². The molecule has 1 amide bonds. The van der Waals surface area contributed by atoms with Crippen LogP contribution in [0.1, 0.15) is 61.4 Å². The molecule has 0 saturated carbocycles. The maximum atomic E-state index is 11.1. The van der Waals surface area contributed by atoms with Crippen LogP contribution in [0, 0.1) is 0 Å². The van der Waals surface area contributed by atoms with Gasteiger partial charge in [0.15, 0.2) is 5.96 Å². The fraction of sp³-hybridized carbons (Fsp3) is 0.529. The van der Waals surface area contributed by atoms with Crippen LogP contribution in [0.15, 0.2) is 29.3 Å². The summed E-state index contributed by atoms with van der Waals surface area (Å²) >= 11 is 0. The van der Waals surface area contributed by atoms with Crippen molar-refractivity contribution in [3.8, 4) is 0 Å². The summed E-state index contributed by atoms with van der Waals surface area (Å²) in [5.41, 5.74) is 12.5. The number of halogens is 1. The van der Waals surface area contributed by atoms with Gasteiger partial charge in [-0.2, -0.15) is 0 Å². The number of nitrogens with zero attached hydrogens (tertiary/aromatic N) is 1. The van der Waals surface area contributed by atoms with Gasteiger partial charge in [0, 0.05) is 12.1 Å². The number of carbonyl (C=O) groups is 1. The molecule has 1 rings (SSSR count). The minimum absolute atomic E-state index is 0. The Morgan fingerprint density at radius 3 is 2.52 bits per heavy atom. The van der Waals surface area contributed by atoms with Crippen molar-refractivity contribution in [3.05, 3.63) is 35.4 Å². The molecule has 0 aliphatic rings. The van der Waals surface area contributed by atoms with E-state index in [4.69, 9.17) is 11.5 Å². The lowest BCUT2D eigenvalue weighted by atomic mass is 10.1. The second-order valence-corrected chi connectivity index (χ2v) is 5.46. The van der Waals surface area contributed by atoms with E-state index in [-0.39, 0.29) is 24.0 Å². The molecule has 1 aromatic rings. The van der Waals surface area contributed by atoms with Crippen molar-refractivity contribution < 1.29 is 4.79 Å². The molecule has 23 heavy (non-hydrogen) atoms. The van der Waals surface area contributed by atoms with Crippen LogP contribution in [0.3, 0.4) is 0 Å². The van der Waals surface area contributed by atoms with Gasteiger partial charge in [0.1, 0.15) is 0 Å². The Bertz CT molecular complexity index is 491. The van der Waals surface area contributed by atoms with Gasteiger partial charge < -0.3 is 16.8 Å². The molecule has 6 heteroatoms. The topological polar surface area (TPSA) is 93.5 Å². The number of guanidine groups is 1. The Hall–Kier alpha value is -1.31. The number of aliphatic imine (C=N–C) groups is 1. The van der Waals surface area contributed by atoms with E-state index in [0.717, 1.165) is 18.5 Å². The molecule has 0 spiro atoms. The Balaban J connectivity index is 0.00000484.